The molecule has 1 aromatic carbocycles. The summed E-state index contributed by atoms with van der Waals surface area (Å²) in [6, 6.07) is 5.88. The minimum Gasteiger partial charge on any atom is -0.356 e. The van der Waals surface area contributed by atoms with Crippen molar-refractivity contribution in [1.82, 2.24) is 5.32 Å². The van der Waals surface area contributed by atoms with Crippen LogP contribution in [0.2, 0.25) is 0 Å². The van der Waals surface area contributed by atoms with Gasteiger partial charge in [0, 0.05) is 43.3 Å². The van der Waals surface area contributed by atoms with E-state index in [1.807, 2.05) is 36.9 Å². The summed E-state index contributed by atoms with van der Waals surface area (Å²) >= 11 is 0. The molecule has 6 nitrogen and oxygen atoms in total. The van der Waals surface area contributed by atoms with Gasteiger partial charge in [-0.25, -0.2) is 0 Å². The van der Waals surface area contributed by atoms with Crippen LogP contribution in [0.25, 0.3) is 0 Å². The Labute approximate surface area is 159 Å². The number of nitrogens with one attached hydrogen (secondary N) is 1. The van der Waals surface area contributed by atoms with Gasteiger partial charge in [-0.1, -0.05) is 13.8 Å². The monoisotopic (exact) mass is 369 g/mol. The lowest BCUT2D eigenvalue weighted by atomic mass is 10.1. The quantitative estimate of drug-likeness (QED) is 0.864. The van der Waals surface area contributed by atoms with E-state index in [1.54, 1.807) is 4.90 Å². The number of amides is 3. The number of nitrogens with zero attached hydrogens (tertiary/aromatic N) is 2. The van der Waals surface area contributed by atoms with Gasteiger partial charge in [-0.2, -0.15) is 0 Å². The third-order valence-electron chi connectivity index (χ3n) is 5.64. The van der Waals surface area contributed by atoms with Crippen molar-refractivity contribution < 1.29 is 14.4 Å². The predicted octanol–water partition coefficient (Wildman–Crippen LogP) is 2.11. The van der Waals surface area contributed by atoms with Crippen LogP contribution >= 0.6 is 0 Å². The zero-order valence-corrected chi connectivity index (χ0v) is 16.0. The molecular formula is C21H27N3O3. The van der Waals surface area contributed by atoms with Gasteiger partial charge in [-0.3, -0.25) is 14.4 Å². The Balaban J connectivity index is 1.45. The summed E-state index contributed by atoms with van der Waals surface area (Å²) in [6.45, 7) is 5.88. The number of hydrogen-bond donors (Lipinski definition) is 1. The molecule has 2 fully saturated rings. The first-order chi connectivity index (χ1) is 12.9. The maximum atomic E-state index is 12.5. The molecule has 6 heteroatoms. The Bertz CT molecular complexity index is 785. The van der Waals surface area contributed by atoms with E-state index >= 15 is 0 Å². The molecule has 4 rings (SSSR count). The van der Waals surface area contributed by atoms with Crippen LogP contribution in [0.15, 0.2) is 18.2 Å². The van der Waals surface area contributed by atoms with Crippen LogP contribution in [0.1, 0.15) is 38.7 Å². The molecule has 2 aliphatic heterocycles. The van der Waals surface area contributed by atoms with Crippen molar-refractivity contribution in [3.8, 4) is 0 Å². The fourth-order valence-electron chi connectivity index (χ4n) is 3.92. The average molecular weight is 369 g/mol. The molecule has 0 spiro atoms. The van der Waals surface area contributed by atoms with Crippen molar-refractivity contribution in [2.75, 3.05) is 29.4 Å². The van der Waals surface area contributed by atoms with Gasteiger partial charge in [0.1, 0.15) is 0 Å². The van der Waals surface area contributed by atoms with Gasteiger partial charge in [0.05, 0.1) is 5.92 Å². The van der Waals surface area contributed by atoms with Crippen LogP contribution in [-0.2, 0) is 20.8 Å². The Morgan fingerprint density at radius 3 is 2.70 bits per heavy atom. The molecule has 1 atom stereocenters. The number of anilines is 2. The summed E-state index contributed by atoms with van der Waals surface area (Å²) in [5.74, 6) is 0.490. The Morgan fingerprint density at radius 2 is 2.00 bits per heavy atom. The third kappa shape index (κ3) is 3.57. The van der Waals surface area contributed by atoms with Crippen molar-refractivity contribution in [3.63, 3.8) is 0 Å². The molecule has 1 saturated heterocycles. The fraction of sp³-hybridized carbons (Fsp3) is 0.571. The van der Waals surface area contributed by atoms with Crippen LogP contribution in [0.3, 0.4) is 0 Å². The van der Waals surface area contributed by atoms with E-state index in [9.17, 15) is 14.4 Å². The fourth-order valence-corrected chi connectivity index (χ4v) is 3.92. The normalized spacial score (nSPS) is 21.7. The van der Waals surface area contributed by atoms with Gasteiger partial charge in [0.2, 0.25) is 17.7 Å². The molecule has 144 valence electrons. The summed E-state index contributed by atoms with van der Waals surface area (Å²) in [5.41, 5.74) is 2.93. The molecule has 0 bridgehead atoms. The van der Waals surface area contributed by atoms with Crippen LogP contribution in [-0.4, -0.2) is 37.4 Å². The number of rotatable bonds is 5. The summed E-state index contributed by atoms with van der Waals surface area (Å²) in [6.07, 6.45) is 3.09. The molecular weight excluding hydrogens is 342 g/mol. The zero-order valence-electron chi connectivity index (χ0n) is 16.0. The Kier molecular flexibility index (Phi) is 4.66. The molecule has 3 amide bonds. The Morgan fingerprint density at radius 1 is 1.22 bits per heavy atom. The van der Waals surface area contributed by atoms with Crippen LogP contribution in [0, 0.1) is 17.8 Å². The second kappa shape index (κ2) is 6.98. The van der Waals surface area contributed by atoms with Crippen LogP contribution in [0.4, 0.5) is 11.4 Å². The van der Waals surface area contributed by atoms with Gasteiger partial charge < -0.3 is 15.1 Å². The molecule has 27 heavy (non-hydrogen) atoms. The predicted molar refractivity (Wildman–Crippen MR) is 104 cm³/mol. The van der Waals surface area contributed by atoms with E-state index in [0.29, 0.717) is 19.0 Å². The van der Waals surface area contributed by atoms with Crippen LogP contribution < -0.4 is 15.1 Å². The second-order valence-electron chi connectivity index (χ2n) is 8.37. The molecule has 3 aliphatic rings. The molecule has 1 aliphatic carbocycles. The van der Waals surface area contributed by atoms with E-state index in [2.05, 4.69) is 5.32 Å². The molecule has 1 N–H and O–H groups in total. The average Bonchev–Trinajstić information content (AvgIpc) is 3.30. The van der Waals surface area contributed by atoms with E-state index in [1.165, 1.54) is 0 Å². The summed E-state index contributed by atoms with van der Waals surface area (Å²) in [4.78, 5) is 40.8. The summed E-state index contributed by atoms with van der Waals surface area (Å²) in [5, 5.41) is 2.93. The van der Waals surface area contributed by atoms with Crippen molar-refractivity contribution in [2.24, 2.45) is 17.8 Å². The van der Waals surface area contributed by atoms with E-state index in [0.717, 1.165) is 42.7 Å². The highest BCUT2D eigenvalue weighted by molar-refractivity contribution is 6.02. The Hall–Kier alpha value is -2.37. The van der Waals surface area contributed by atoms with Gasteiger partial charge in [-0.15, -0.1) is 0 Å². The van der Waals surface area contributed by atoms with Crippen molar-refractivity contribution in [2.45, 2.75) is 39.5 Å². The molecule has 1 saturated carbocycles. The maximum absolute atomic E-state index is 12.5. The lowest BCUT2D eigenvalue weighted by Gasteiger charge is -2.20. The smallest absolute Gasteiger partial charge is 0.230 e. The lowest BCUT2D eigenvalue weighted by molar-refractivity contribution is -0.126. The molecule has 1 unspecified atom stereocenters. The summed E-state index contributed by atoms with van der Waals surface area (Å²) < 4.78 is 0. The largest absolute Gasteiger partial charge is 0.356 e. The highest BCUT2D eigenvalue weighted by Gasteiger charge is 2.38. The third-order valence-corrected chi connectivity index (χ3v) is 5.64. The molecule has 0 aromatic heterocycles. The van der Waals surface area contributed by atoms with Gasteiger partial charge in [0.25, 0.3) is 0 Å². The first kappa shape index (κ1) is 18.0. The van der Waals surface area contributed by atoms with E-state index in [-0.39, 0.29) is 36.0 Å². The highest BCUT2D eigenvalue weighted by Crippen LogP contribution is 2.38. The number of fused-ring (bicyclic) bond motifs is 1. The van der Waals surface area contributed by atoms with E-state index < -0.39 is 0 Å². The topological polar surface area (TPSA) is 69.7 Å². The number of carbonyl (C=O) groups excluding carboxylic acids is 3. The van der Waals surface area contributed by atoms with Gasteiger partial charge >= 0.3 is 0 Å². The second-order valence-corrected chi connectivity index (χ2v) is 8.37. The number of carbonyl (C=O) groups is 3. The van der Waals surface area contributed by atoms with Gasteiger partial charge in [0.15, 0.2) is 0 Å². The minimum atomic E-state index is -0.294. The molecule has 1 aromatic rings. The van der Waals surface area contributed by atoms with Gasteiger partial charge in [-0.05, 0) is 48.9 Å². The van der Waals surface area contributed by atoms with Crippen molar-refractivity contribution in [1.29, 1.82) is 0 Å². The first-order valence-electron chi connectivity index (χ1n) is 9.96. The lowest BCUT2D eigenvalue weighted by Crippen LogP contribution is -2.35. The molecule has 0 radical (unpaired) electrons. The number of benzene rings is 1. The maximum Gasteiger partial charge on any atom is 0.230 e. The summed E-state index contributed by atoms with van der Waals surface area (Å²) in [7, 11) is 0. The first-order valence-corrected chi connectivity index (χ1v) is 9.96. The standard InChI is InChI=1S/C21H27N3O3/c1-13(2)11-22-20(26)16-10-19(25)24(12-16)17-5-6-18-15(9-17)7-8-23(18)21(27)14-3-4-14/h5-6,9,13-14,16H,3-4,7-8,10-12H2,1-2H3,(H,22,26). The number of hydrogen-bond acceptors (Lipinski definition) is 3. The minimum absolute atomic E-state index is 0.0106. The zero-order chi connectivity index (χ0) is 19.1. The van der Waals surface area contributed by atoms with E-state index in [4.69, 9.17) is 0 Å². The highest BCUT2D eigenvalue weighted by atomic mass is 16.2. The van der Waals surface area contributed by atoms with Crippen molar-refractivity contribution >= 4 is 29.1 Å². The van der Waals surface area contributed by atoms with Crippen molar-refractivity contribution in [3.05, 3.63) is 23.8 Å². The SMILES string of the molecule is CC(C)CNC(=O)C1CC(=O)N(c2ccc3c(c2)CCN3C(=O)C2CC2)C1. The van der Waals surface area contributed by atoms with Crippen LogP contribution in [0.5, 0.6) is 0 Å². The molecule has 2 heterocycles.